The third-order valence-corrected chi connectivity index (χ3v) is 3.45. The Balaban J connectivity index is 2.04. The summed E-state index contributed by atoms with van der Waals surface area (Å²) < 4.78 is 4.87. The molecule has 2 rings (SSSR count). The summed E-state index contributed by atoms with van der Waals surface area (Å²) in [6.45, 7) is 0.891. The Bertz CT molecular complexity index is 627. The molecule has 1 aromatic heterocycles. The lowest BCUT2D eigenvalue weighted by Gasteiger charge is -2.10. The summed E-state index contributed by atoms with van der Waals surface area (Å²) in [5.74, 6) is -0.251. The molecule has 0 fully saturated rings. The number of nitrogens with one attached hydrogen (secondary N) is 2. The summed E-state index contributed by atoms with van der Waals surface area (Å²) in [4.78, 5) is 15.9. The van der Waals surface area contributed by atoms with E-state index in [0.717, 1.165) is 0 Å². The van der Waals surface area contributed by atoms with Gasteiger partial charge in [-0.2, -0.15) is 0 Å². The van der Waals surface area contributed by atoms with Crippen LogP contribution in [-0.2, 0) is 4.74 Å². The number of methoxy groups -OCH3 is 1. The maximum Gasteiger partial charge on any atom is 0.269 e. The van der Waals surface area contributed by atoms with Crippen molar-refractivity contribution in [2.24, 2.45) is 0 Å². The fourth-order valence-corrected chi connectivity index (χ4v) is 2.21. The highest BCUT2D eigenvalue weighted by atomic mass is 35.5. The van der Waals surface area contributed by atoms with Crippen molar-refractivity contribution in [3.05, 3.63) is 52.3 Å². The van der Waals surface area contributed by atoms with E-state index in [1.807, 2.05) is 0 Å². The van der Waals surface area contributed by atoms with Gasteiger partial charge in [0.25, 0.3) is 5.91 Å². The summed E-state index contributed by atoms with van der Waals surface area (Å²) in [7, 11) is 1.57. The van der Waals surface area contributed by atoms with E-state index in [-0.39, 0.29) is 5.91 Å². The molecular formula is C15H15Cl2N3O2. The van der Waals surface area contributed by atoms with Crippen LogP contribution in [0.25, 0.3) is 0 Å². The van der Waals surface area contributed by atoms with Crippen molar-refractivity contribution < 1.29 is 9.53 Å². The molecule has 1 amide bonds. The van der Waals surface area contributed by atoms with Gasteiger partial charge in [0.15, 0.2) is 0 Å². The van der Waals surface area contributed by atoms with Gasteiger partial charge >= 0.3 is 0 Å². The molecule has 2 N–H and O–H groups in total. The van der Waals surface area contributed by atoms with Gasteiger partial charge in [-0.15, -0.1) is 0 Å². The molecule has 0 radical (unpaired) electrons. The largest absolute Gasteiger partial charge is 0.383 e. The Hall–Kier alpha value is -1.82. The number of para-hydroxylation sites is 1. The average molecular weight is 340 g/mol. The normalized spacial score (nSPS) is 10.3. The third kappa shape index (κ3) is 4.34. The summed E-state index contributed by atoms with van der Waals surface area (Å²) >= 11 is 12.2. The van der Waals surface area contributed by atoms with Crippen molar-refractivity contribution in [2.75, 3.05) is 25.6 Å². The van der Waals surface area contributed by atoms with E-state index >= 15 is 0 Å². The number of pyridine rings is 1. The van der Waals surface area contributed by atoms with Gasteiger partial charge in [-0.1, -0.05) is 29.3 Å². The molecule has 0 spiro atoms. The van der Waals surface area contributed by atoms with E-state index in [4.69, 9.17) is 27.9 Å². The molecule has 116 valence electrons. The number of hydrogen-bond acceptors (Lipinski definition) is 4. The molecule has 0 saturated carbocycles. The number of halogens is 2. The van der Waals surface area contributed by atoms with E-state index in [1.54, 1.807) is 43.6 Å². The van der Waals surface area contributed by atoms with E-state index in [0.29, 0.717) is 40.3 Å². The lowest BCUT2D eigenvalue weighted by atomic mass is 10.2. The summed E-state index contributed by atoms with van der Waals surface area (Å²) in [5.41, 5.74) is 1.61. The van der Waals surface area contributed by atoms with Crippen LogP contribution in [0, 0.1) is 0 Å². The van der Waals surface area contributed by atoms with E-state index in [2.05, 4.69) is 15.6 Å². The second-order valence-corrected chi connectivity index (χ2v) is 5.22. The van der Waals surface area contributed by atoms with Crippen molar-refractivity contribution in [3.63, 3.8) is 0 Å². The van der Waals surface area contributed by atoms with Gasteiger partial charge in [0, 0.05) is 13.7 Å². The van der Waals surface area contributed by atoms with Crippen molar-refractivity contribution in [2.45, 2.75) is 0 Å². The lowest BCUT2D eigenvalue weighted by Crippen LogP contribution is -2.27. The van der Waals surface area contributed by atoms with Crippen molar-refractivity contribution in [1.29, 1.82) is 0 Å². The molecule has 1 aromatic carbocycles. The highest BCUT2D eigenvalue weighted by Gasteiger charge is 2.08. The van der Waals surface area contributed by atoms with Crippen LogP contribution in [0.2, 0.25) is 10.0 Å². The molecule has 0 aliphatic rings. The van der Waals surface area contributed by atoms with E-state index in [9.17, 15) is 4.79 Å². The van der Waals surface area contributed by atoms with Crippen LogP contribution in [0.4, 0.5) is 11.4 Å². The van der Waals surface area contributed by atoms with Gasteiger partial charge < -0.3 is 15.4 Å². The van der Waals surface area contributed by atoms with Gasteiger partial charge in [-0.05, 0) is 24.3 Å². The van der Waals surface area contributed by atoms with Crippen LogP contribution in [-0.4, -0.2) is 31.2 Å². The first-order valence-corrected chi connectivity index (χ1v) is 7.31. The molecule has 0 bridgehead atoms. The van der Waals surface area contributed by atoms with Crippen LogP contribution >= 0.6 is 23.2 Å². The number of amides is 1. The Labute approximate surface area is 138 Å². The fourth-order valence-electron chi connectivity index (χ4n) is 1.72. The standard InChI is InChI=1S/C15H15Cl2N3O2/c1-22-8-7-18-15(21)13-6-5-10(9-19-13)20-14-11(16)3-2-4-12(14)17/h2-6,9,20H,7-8H2,1H3,(H,18,21). The first-order chi connectivity index (χ1) is 10.6. The molecule has 2 aromatic rings. The van der Waals surface area contributed by atoms with E-state index < -0.39 is 0 Å². The second-order valence-electron chi connectivity index (χ2n) is 4.40. The molecule has 0 atom stereocenters. The number of aromatic nitrogens is 1. The Morgan fingerprint density at radius 1 is 1.23 bits per heavy atom. The molecule has 0 aliphatic heterocycles. The summed E-state index contributed by atoms with van der Waals surface area (Å²) in [6.07, 6.45) is 1.55. The van der Waals surface area contributed by atoms with Crippen LogP contribution in [0.15, 0.2) is 36.5 Å². The number of ether oxygens (including phenoxy) is 1. The highest BCUT2D eigenvalue weighted by Crippen LogP contribution is 2.32. The van der Waals surface area contributed by atoms with Crippen LogP contribution in [0.3, 0.4) is 0 Å². The average Bonchev–Trinajstić information content (AvgIpc) is 2.52. The number of anilines is 2. The topological polar surface area (TPSA) is 63.2 Å². The lowest BCUT2D eigenvalue weighted by molar-refractivity contribution is 0.0932. The SMILES string of the molecule is COCCNC(=O)c1ccc(Nc2c(Cl)cccc2Cl)cn1. The zero-order chi connectivity index (χ0) is 15.9. The first-order valence-electron chi connectivity index (χ1n) is 6.56. The minimum atomic E-state index is -0.251. The minimum Gasteiger partial charge on any atom is -0.383 e. The molecule has 5 nitrogen and oxygen atoms in total. The fraction of sp³-hybridized carbons (Fsp3) is 0.200. The molecule has 7 heteroatoms. The first kappa shape index (κ1) is 16.5. The zero-order valence-electron chi connectivity index (χ0n) is 11.9. The number of rotatable bonds is 6. The highest BCUT2D eigenvalue weighted by molar-refractivity contribution is 6.39. The van der Waals surface area contributed by atoms with Gasteiger partial charge in [0.05, 0.1) is 34.2 Å². The molecule has 1 heterocycles. The van der Waals surface area contributed by atoms with Crippen molar-refractivity contribution in [1.82, 2.24) is 10.3 Å². The van der Waals surface area contributed by atoms with E-state index in [1.165, 1.54) is 0 Å². The molecule has 22 heavy (non-hydrogen) atoms. The molecule has 0 unspecified atom stereocenters. The Morgan fingerprint density at radius 2 is 1.95 bits per heavy atom. The minimum absolute atomic E-state index is 0.251. The van der Waals surface area contributed by atoms with Crippen LogP contribution < -0.4 is 10.6 Å². The second kappa shape index (κ2) is 7.98. The summed E-state index contributed by atoms with van der Waals surface area (Å²) in [5, 5.41) is 6.80. The zero-order valence-corrected chi connectivity index (χ0v) is 13.4. The van der Waals surface area contributed by atoms with Gasteiger partial charge in [-0.25, -0.2) is 4.98 Å². The Morgan fingerprint density at radius 3 is 2.55 bits per heavy atom. The third-order valence-electron chi connectivity index (χ3n) is 2.82. The summed E-state index contributed by atoms with van der Waals surface area (Å²) in [6, 6.07) is 8.59. The molecule has 0 aliphatic carbocycles. The van der Waals surface area contributed by atoms with Gasteiger partial charge in [0.2, 0.25) is 0 Å². The number of nitrogens with zero attached hydrogens (tertiary/aromatic N) is 1. The Kier molecular flexibility index (Phi) is 6.00. The number of carbonyl (C=O) groups is 1. The number of benzene rings is 1. The molecular weight excluding hydrogens is 325 g/mol. The smallest absolute Gasteiger partial charge is 0.269 e. The van der Waals surface area contributed by atoms with Gasteiger partial charge in [-0.3, -0.25) is 4.79 Å². The van der Waals surface area contributed by atoms with Crippen molar-refractivity contribution >= 4 is 40.5 Å². The van der Waals surface area contributed by atoms with Crippen molar-refractivity contribution in [3.8, 4) is 0 Å². The predicted molar refractivity (Wildman–Crippen MR) is 88.2 cm³/mol. The quantitative estimate of drug-likeness (QED) is 0.790. The number of carbonyl (C=O) groups excluding carboxylic acids is 1. The molecule has 0 saturated heterocycles. The maximum atomic E-state index is 11.8. The number of hydrogen-bond donors (Lipinski definition) is 2. The monoisotopic (exact) mass is 339 g/mol. The van der Waals surface area contributed by atoms with Crippen LogP contribution in [0.1, 0.15) is 10.5 Å². The van der Waals surface area contributed by atoms with Gasteiger partial charge in [0.1, 0.15) is 5.69 Å². The predicted octanol–water partition coefficient (Wildman–Crippen LogP) is 3.51. The van der Waals surface area contributed by atoms with Crippen LogP contribution in [0.5, 0.6) is 0 Å². The maximum absolute atomic E-state index is 11.8.